The van der Waals surface area contributed by atoms with Gasteiger partial charge in [0.15, 0.2) is 0 Å². The van der Waals surface area contributed by atoms with E-state index in [1.807, 2.05) is 24.3 Å². The van der Waals surface area contributed by atoms with Gasteiger partial charge in [0, 0.05) is 6.92 Å². The van der Waals surface area contributed by atoms with Crippen molar-refractivity contribution < 1.29 is 29.0 Å². The fourth-order valence-electron chi connectivity index (χ4n) is 2.50. The summed E-state index contributed by atoms with van der Waals surface area (Å²) < 4.78 is 10.0. The Bertz CT molecular complexity index is 763. The third-order valence-corrected chi connectivity index (χ3v) is 3.72. The van der Waals surface area contributed by atoms with Gasteiger partial charge in [0.2, 0.25) is 6.10 Å². The van der Waals surface area contributed by atoms with Crippen molar-refractivity contribution >= 4 is 18.0 Å². The molecule has 0 fully saturated rings. The Morgan fingerprint density at radius 2 is 1.52 bits per heavy atom. The minimum atomic E-state index is -1.54. The first kappa shape index (κ1) is 20.0. The van der Waals surface area contributed by atoms with Crippen molar-refractivity contribution in [2.24, 2.45) is 0 Å². The van der Waals surface area contributed by atoms with Crippen LogP contribution in [0.3, 0.4) is 0 Å². The summed E-state index contributed by atoms with van der Waals surface area (Å²) in [5.41, 5.74) is 1.58. The molecular formula is C20H21NO6. The van der Waals surface area contributed by atoms with Crippen molar-refractivity contribution in [2.75, 3.05) is 0 Å². The Hall–Kier alpha value is -3.35. The van der Waals surface area contributed by atoms with E-state index in [9.17, 15) is 19.5 Å². The second kappa shape index (κ2) is 9.96. The zero-order valence-electron chi connectivity index (χ0n) is 14.8. The SMILES string of the molecule is CC(=O)O[C@H](C(=O)O)[C@H](Cc1ccccc1)NC(=O)OCc1ccccc1. The van der Waals surface area contributed by atoms with Crippen molar-refractivity contribution in [1.29, 1.82) is 0 Å². The van der Waals surface area contributed by atoms with E-state index in [2.05, 4.69) is 5.32 Å². The van der Waals surface area contributed by atoms with Crippen LogP contribution in [0.5, 0.6) is 0 Å². The molecule has 2 N–H and O–H groups in total. The molecule has 0 aliphatic carbocycles. The molecular weight excluding hydrogens is 350 g/mol. The van der Waals surface area contributed by atoms with Crippen LogP contribution in [0.2, 0.25) is 0 Å². The molecule has 0 heterocycles. The minimum absolute atomic E-state index is 0.0377. The van der Waals surface area contributed by atoms with E-state index < -0.39 is 30.2 Å². The monoisotopic (exact) mass is 371 g/mol. The van der Waals surface area contributed by atoms with Crippen molar-refractivity contribution in [1.82, 2.24) is 5.32 Å². The highest BCUT2D eigenvalue weighted by molar-refractivity contribution is 5.79. The molecule has 0 spiro atoms. The summed E-state index contributed by atoms with van der Waals surface area (Å²) in [5, 5.41) is 11.9. The van der Waals surface area contributed by atoms with E-state index in [1.54, 1.807) is 36.4 Å². The van der Waals surface area contributed by atoms with Crippen LogP contribution in [-0.4, -0.2) is 35.3 Å². The van der Waals surface area contributed by atoms with E-state index in [0.29, 0.717) is 0 Å². The number of carbonyl (C=O) groups excluding carboxylic acids is 2. The summed E-state index contributed by atoms with van der Waals surface area (Å²) in [6, 6.07) is 17.1. The average Bonchev–Trinajstić information content (AvgIpc) is 2.65. The molecule has 0 saturated heterocycles. The Kier molecular flexibility index (Phi) is 7.37. The van der Waals surface area contributed by atoms with Crippen LogP contribution < -0.4 is 5.32 Å². The van der Waals surface area contributed by atoms with Gasteiger partial charge in [-0.25, -0.2) is 9.59 Å². The molecule has 27 heavy (non-hydrogen) atoms. The van der Waals surface area contributed by atoms with Crippen molar-refractivity contribution in [2.45, 2.75) is 32.1 Å². The molecule has 7 nitrogen and oxygen atoms in total. The van der Waals surface area contributed by atoms with Crippen LogP contribution >= 0.6 is 0 Å². The normalized spacial score (nSPS) is 12.5. The number of esters is 1. The summed E-state index contributed by atoms with van der Waals surface area (Å²) in [5.74, 6) is -2.10. The molecule has 0 aliphatic heterocycles. The van der Waals surface area contributed by atoms with Crippen molar-refractivity contribution in [3.8, 4) is 0 Å². The molecule has 0 bridgehead atoms. The maximum absolute atomic E-state index is 12.2. The summed E-state index contributed by atoms with van der Waals surface area (Å²) in [6.45, 7) is 1.15. The summed E-state index contributed by atoms with van der Waals surface area (Å²) in [7, 11) is 0. The average molecular weight is 371 g/mol. The van der Waals surface area contributed by atoms with Crippen molar-refractivity contribution in [3.05, 3.63) is 71.8 Å². The Balaban J connectivity index is 2.08. The van der Waals surface area contributed by atoms with Crippen LogP contribution in [0.15, 0.2) is 60.7 Å². The van der Waals surface area contributed by atoms with Crippen LogP contribution in [0, 0.1) is 0 Å². The molecule has 7 heteroatoms. The maximum atomic E-state index is 12.2. The van der Waals surface area contributed by atoms with Crippen LogP contribution in [-0.2, 0) is 32.1 Å². The highest BCUT2D eigenvalue weighted by Gasteiger charge is 2.33. The number of carboxylic acid groups (broad SMARTS) is 1. The first-order valence-corrected chi connectivity index (χ1v) is 8.37. The Labute approximate surface area is 156 Å². The van der Waals surface area contributed by atoms with Gasteiger partial charge in [-0.15, -0.1) is 0 Å². The van der Waals surface area contributed by atoms with Crippen molar-refractivity contribution in [3.63, 3.8) is 0 Å². The molecule has 2 aromatic carbocycles. The third kappa shape index (κ3) is 6.81. The zero-order valence-corrected chi connectivity index (χ0v) is 14.8. The summed E-state index contributed by atoms with van der Waals surface area (Å²) in [4.78, 5) is 35.0. The maximum Gasteiger partial charge on any atom is 0.407 e. The number of hydrogen-bond acceptors (Lipinski definition) is 5. The third-order valence-electron chi connectivity index (χ3n) is 3.72. The number of carbonyl (C=O) groups is 3. The van der Waals surface area contributed by atoms with Gasteiger partial charge in [-0.1, -0.05) is 60.7 Å². The number of amides is 1. The first-order chi connectivity index (χ1) is 13.0. The lowest BCUT2D eigenvalue weighted by atomic mass is 10.0. The lowest BCUT2D eigenvalue weighted by Crippen LogP contribution is -2.50. The van der Waals surface area contributed by atoms with Gasteiger partial charge in [-0.05, 0) is 17.5 Å². The molecule has 0 aromatic heterocycles. The number of hydrogen-bond donors (Lipinski definition) is 2. The number of carboxylic acids is 1. The first-order valence-electron chi connectivity index (χ1n) is 8.37. The lowest BCUT2D eigenvalue weighted by Gasteiger charge is -2.24. The number of rotatable bonds is 8. The number of nitrogens with one attached hydrogen (secondary N) is 1. The standard InChI is InChI=1S/C20H21NO6/c1-14(22)27-18(19(23)24)17(12-15-8-4-2-5-9-15)21-20(25)26-13-16-10-6-3-7-11-16/h2-11,17-18H,12-13H2,1H3,(H,21,25)(H,23,24)/t17-,18-/m0/s1. The van der Waals surface area contributed by atoms with Gasteiger partial charge < -0.3 is 19.9 Å². The van der Waals surface area contributed by atoms with Crippen LogP contribution in [0.4, 0.5) is 4.79 Å². The minimum Gasteiger partial charge on any atom is -0.478 e. The second-order valence-corrected chi connectivity index (χ2v) is 5.87. The van der Waals surface area contributed by atoms with Gasteiger partial charge >= 0.3 is 18.0 Å². The zero-order chi connectivity index (χ0) is 19.6. The highest BCUT2D eigenvalue weighted by atomic mass is 16.6. The molecule has 142 valence electrons. The predicted molar refractivity (Wildman–Crippen MR) is 96.9 cm³/mol. The highest BCUT2D eigenvalue weighted by Crippen LogP contribution is 2.11. The van der Waals surface area contributed by atoms with Gasteiger partial charge in [0.05, 0.1) is 6.04 Å². The fraction of sp³-hybridized carbons (Fsp3) is 0.250. The molecule has 0 radical (unpaired) electrons. The summed E-state index contributed by atoms with van der Waals surface area (Å²) in [6.07, 6.45) is -2.17. The molecule has 2 aromatic rings. The molecule has 1 amide bonds. The quantitative estimate of drug-likeness (QED) is 0.692. The van der Waals surface area contributed by atoms with Crippen LogP contribution in [0.25, 0.3) is 0 Å². The van der Waals surface area contributed by atoms with E-state index in [4.69, 9.17) is 9.47 Å². The second-order valence-electron chi connectivity index (χ2n) is 5.87. The molecule has 2 rings (SSSR count). The van der Waals surface area contributed by atoms with Gasteiger partial charge in [-0.2, -0.15) is 0 Å². The molecule has 0 aliphatic rings. The fourth-order valence-corrected chi connectivity index (χ4v) is 2.50. The van der Waals surface area contributed by atoms with E-state index >= 15 is 0 Å². The Morgan fingerprint density at radius 3 is 2.04 bits per heavy atom. The molecule has 0 unspecified atom stereocenters. The topological polar surface area (TPSA) is 102 Å². The van der Waals surface area contributed by atoms with Gasteiger partial charge in [0.25, 0.3) is 0 Å². The molecule has 0 saturated carbocycles. The smallest absolute Gasteiger partial charge is 0.407 e. The van der Waals surface area contributed by atoms with E-state index in [1.165, 1.54) is 0 Å². The van der Waals surface area contributed by atoms with E-state index in [-0.39, 0.29) is 13.0 Å². The number of ether oxygens (including phenoxy) is 2. The van der Waals surface area contributed by atoms with Gasteiger partial charge in [0.1, 0.15) is 6.61 Å². The summed E-state index contributed by atoms with van der Waals surface area (Å²) >= 11 is 0. The number of benzene rings is 2. The number of alkyl carbamates (subject to hydrolysis) is 1. The predicted octanol–water partition coefficient (Wildman–Crippen LogP) is 2.54. The molecule has 2 atom stereocenters. The lowest BCUT2D eigenvalue weighted by molar-refractivity contribution is -0.164. The van der Waals surface area contributed by atoms with E-state index in [0.717, 1.165) is 18.1 Å². The van der Waals surface area contributed by atoms with Crippen LogP contribution in [0.1, 0.15) is 18.1 Å². The van der Waals surface area contributed by atoms with Gasteiger partial charge in [-0.3, -0.25) is 4.79 Å². The Morgan fingerprint density at radius 1 is 0.963 bits per heavy atom. The largest absolute Gasteiger partial charge is 0.478 e. The number of aliphatic carboxylic acids is 1.